The summed E-state index contributed by atoms with van der Waals surface area (Å²) in [5.41, 5.74) is 0. The molecule has 0 fully saturated rings. The topological polar surface area (TPSA) is 0 Å². The van der Waals surface area contributed by atoms with E-state index in [9.17, 15) is 0 Å². The van der Waals surface area contributed by atoms with E-state index in [-0.39, 0.29) is 0 Å². The van der Waals surface area contributed by atoms with E-state index in [2.05, 4.69) is 27.7 Å². The molecular formula is C16H36Cl2Sn2. The number of hydrogen-bond acceptors (Lipinski definition) is 0. The normalized spacial score (nSPS) is 10.8. The minimum absolute atomic E-state index is 1.27. The van der Waals surface area contributed by atoms with Crippen LogP contribution in [-0.4, -0.2) is 37.3 Å². The van der Waals surface area contributed by atoms with Gasteiger partial charge in [-0.3, -0.25) is 0 Å². The third kappa shape index (κ3) is 22.5. The average Bonchev–Trinajstić information content (AvgIpc) is 2.47. The van der Waals surface area contributed by atoms with E-state index < -0.39 is 37.3 Å². The predicted molar refractivity (Wildman–Crippen MR) is 102 cm³/mol. The van der Waals surface area contributed by atoms with Crippen molar-refractivity contribution in [3.05, 3.63) is 0 Å². The molecule has 0 atom stereocenters. The first-order valence-corrected chi connectivity index (χ1v) is 23.9. The first kappa shape index (κ1) is 24.4. The summed E-state index contributed by atoms with van der Waals surface area (Å²) in [6, 6.07) is 0. The molecule has 0 aromatic rings. The molecule has 0 saturated carbocycles. The number of rotatable bonds is 12. The Kier molecular flexibility index (Phi) is 25.9. The summed E-state index contributed by atoms with van der Waals surface area (Å²) in [4.78, 5) is 0. The monoisotopic (exact) mass is 538 g/mol. The fourth-order valence-electron chi connectivity index (χ4n) is 1.72. The third-order valence-corrected chi connectivity index (χ3v) is 18.5. The molecule has 0 aromatic carbocycles. The van der Waals surface area contributed by atoms with Crippen LogP contribution in [-0.2, 0) is 0 Å². The molecule has 0 heterocycles. The van der Waals surface area contributed by atoms with Crippen LogP contribution in [0, 0.1) is 0 Å². The maximum absolute atomic E-state index is 6.24. The van der Waals surface area contributed by atoms with Gasteiger partial charge in [-0.15, -0.1) is 0 Å². The van der Waals surface area contributed by atoms with Gasteiger partial charge in [0.15, 0.2) is 0 Å². The van der Waals surface area contributed by atoms with E-state index in [4.69, 9.17) is 17.8 Å². The maximum atomic E-state index is 6.24. The number of unbranched alkanes of at least 4 members (excludes halogenated alkanes) is 4. The van der Waals surface area contributed by atoms with Crippen LogP contribution in [0.15, 0.2) is 0 Å². The summed E-state index contributed by atoms with van der Waals surface area (Å²) in [5, 5.41) is 0. The van der Waals surface area contributed by atoms with Crippen molar-refractivity contribution in [3.8, 4) is 0 Å². The molecule has 20 heavy (non-hydrogen) atoms. The Morgan fingerprint density at radius 3 is 0.850 bits per heavy atom. The quantitative estimate of drug-likeness (QED) is 0.225. The number of halogens is 2. The van der Waals surface area contributed by atoms with Gasteiger partial charge in [0.1, 0.15) is 0 Å². The summed E-state index contributed by atoms with van der Waals surface area (Å²) >= 11 is -2.54. The van der Waals surface area contributed by atoms with Gasteiger partial charge in [-0.25, -0.2) is 0 Å². The number of hydrogen-bond donors (Lipinski definition) is 0. The van der Waals surface area contributed by atoms with Gasteiger partial charge < -0.3 is 0 Å². The fourth-order valence-corrected chi connectivity index (χ4v) is 15.2. The predicted octanol–water partition coefficient (Wildman–Crippen LogP) is 7.63. The molecule has 0 aliphatic carbocycles. The summed E-state index contributed by atoms with van der Waals surface area (Å²) in [7, 11) is 12.5. The van der Waals surface area contributed by atoms with Crippen molar-refractivity contribution in [3.63, 3.8) is 0 Å². The zero-order valence-corrected chi connectivity index (χ0v) is 21.5. The molecule has 0 unspecified atom stereocenters. The van der Waals surface area contributed by atoms with E-state index in [0.29, 0.717) is 0 Å². The second kappa shape index (κ2) is 21.2. The van der Waals surface area contributed by atoms with Crippen molar-refractivity contribution in [2.24, 2.45) is 0 Å². The van der Waals surface area contributed by atoms with E-state index >= 15 is 0 Å². The molecule has 0 spiro atoms. The zero-order chi connectivity index (χ0) is 15.6. The van der Waals surface area contributed by atoms with Crippen LogP contribution in [0.25, 0.3) is 0 Å². The van der Waals surface area contributed by atoms with Crippen LogP contribution < -0.4 is 0 Å². The van der Waals surface area contributed by atoms with Gasteiger partial charge in [0.25, 0.3) is 0 Å². The van der Waals surface area contributed by atoms with Gasteiger partial charge in [0, 0.05) is 0 Å². The fraction of sp³-hybridized carbons (Fsp3) is 1.00. The summed E-state index contributed by atoms with van der Waals surface area (Å²) < 4.78 is 5.61. The Morgan fingerprint density at radius 2 is 0.700 bits per heavy atom. The van der Waals surface area contributed by atoms with Crippen LogP contribution in [0.3, 0.4) is 0 Å². The zero-order valence-electron chi connectivity index (χ0n) is 14.2. The molecule has 0 rings (SSSR count). The Hall–Kier alpha value is 2.18. The van der Waals surface area contributed by atoms with Gasteiger partial charge >= 0.3 is 152 Å². The van der Waals surface area contributed by atoms with Crippen molar-refractivity contribution < 1.29 is 0 Å². The van der Waals surface area contributed by atoms with Gasteiger partial charge in [0.2, 0.25) is 0 Å². The van der Waals surface area contributed by atoms with Crippen LogP contribution >= 0.6 is 17.8 Å². The molecule has 0 amide bonds. The molecule has 4 heteroatoms. The molecule has 0 aliphatic rings. The van der Waals surface area contributed by atoms with E-state index in [1.54, 1.807) is 0 Å². The molecule has 0 bridgehead atoms. The van der Waals surface area contributed by atoms with Gasteiger partial charge in [0.05, 0.1) is 0 Å². The Labute approximate surface area is 150 Å². The standard InChI is InChI=1S/4C4H9.2ClH.2Sn/c4*1-3-4-2;;;;/h4*1,3-4H2,2H3;2*1H;;/q;;;;;;2*+1/p-2. The molecule has 0 nitrogen and oxygen atoms in total. The Bertz CT molecular complexity index is 135. The molecule has 0 aliphatic heterocycles. The molecule has 0 saturated heterocycles. The van der Waals surface area contributed by atoms with Gasteiger partial charge in [-0.1, -0.05) is 0 Å². The van der Waals surface area contributed by atoms with Crippen molar-refractivity contribution in [1.82, 2.24) is 0 Å². The van der Waals surface area contributed by atoms with Crippen molar-refractivity contribution in [2.75, 3.05) is 0 Å². The van der Waals surface area contributed by atoms with Crippen molar-refractivity contribution >= 4 is 55.1 Å². The van der Waals surface area contributed by atoms with Crippen LogP contribution in [0.5, 0.6) is 0 Å². The third-order valence-electron chi connectivity index (χ3n) is 3.21. The summed E-state index contributed by atoms with van der Waals surface area (Å²) in [6.07, 6.45) is 10.8. The van der Waals surface area contributed by atoms with Crippen molar-refractivity contribution in [2.45, 2.75) is 96.8 Å². The van der Waals surface area contributed by atoms with E-state index in [1.165, 1.54) is 69.1 Å². The summed E-state index contributed by atoms with van der Waals surface area (Å²) in [5.74, 6) is 0. The Morgan fingerprint density at radius 1 is 0.500 bits per heavy atom. The molecular weight excluding hydrogens is 501 g/mol. The minimum atomic E-state index is -1.27. The first-order chi connectivity index (χ1) is 9.62. The second-order valence-corrected chi connectivity index (χ2v) is 24.2. The summed E-state index contributed by atoms with van der Waals surface area (Å²) in [6.45, 7) is 8.97. The Balaban J connectivity index is 0. The van der Waals surface area contributed by atoms with E-state index in [1.807, 2.05) is 0 Å². The molecule has 0 aromatic heterocycles. The van der Waals surface area contributed by atoms with Crippen LogP contribution in [0.1, 0.15) is 79.1 Å². The van der Waals surface area contributed by atoms with Crippen molar-refractivity contribution in [1.29, 1.82) is 0 Å². The second-order valence-electron chi connectivity index (χ2n) is 5.45. The van der Waals surface area contributed by atoms with Gasteiger partial charge in [-0.05, 0) is 0 Å². The van der Waals surface area contributed by atoms with E-state index in [0.717, 1.165) is 0 Å². The molecule has 2 radical (unpaired) electrons. The SMILES string of the molecule is CCC[CH2][Sn]([Cl])[CH2]CCC.CCC[CH2][Sn]([Cl])[CH2]CCC. The van der Waals surface area contributed by atoms with Crippen LogP contribution in [0.2, 0.25) is 17.7 Å². The molecule has 122 valence electrons. The van der Waals surface area contributed by atoms with Gasteiger partial charge in [-0.2, -0.15) is 0 Å². The van der Waals surface area contributed by atoms with Crippen LogP contribution in [0.4, 0.5) is 0 Å². The molecule has 0 N–H and O–H groups in total. The average molecular weight is 537 g/mol. The first-order valence-electron chi connectivity index (χ1n) is 8.62.